The van der Waals surface area contributed by atoms with Crippen molar-refractivity contribution in [3.05, 3.63) is 54.1 Å². The van der Waals surface area contributed by atoms with Crippen molar-refractivity contribution in [2.75, 3.05) is 29.1 Å². The zero-order chi connectivity index (χ0) is 16.9. The van der Waals surface area contributed by atoms with E-state index in [9.17, 15) is 13.6 Å². The van der Waals surface area contributed by atoms with Gasteiger partial charge in [0, 0.05) is 35.4 Å². The number of hydrogen-bond acceptors (Lipinski definition) is 3. The highest BCUT2D eigenvalue weighted by atomic mass is 32.2. The summed E-state index contributed by atoms with van der Waals surface area (Å²) in [5.74, 6) is -1.43. The van der Waals surface area contributed by atoms with E-state index in [2.05, 4.69) is 10.2 Å². The number of anilines is 2. The van der Waals surface area contributed by atoms with Gasteiger partial charge in [-0.2, -0.15) is 0 Å². The van der Waals surface area contributed by atoms with Crippen molar-refractivity contribution < 1.29 is 13.6 Å². The van der Waals surface area contributed by atoms with Gasteiger partial charge in [-0.1, -0.05) is 0 Å². The zero-order valence-electron chi connectivity index (χ0n) is 13.1. The summed E-state index contributed by atoms with van der Waals surface area (Å²) in [6.07, 6.45) is 2.44. The lowest BCUT2D eigenvalue weighted by Crippen LogP contribution is -2.18. The van der Waals surface area contributed by atoms with E-state index in [1.54, 1.807) is 0 Å². The van der Waals surface area contributed by atoms with Crippen LogP contribution in [-0.4, -0.2) is 24.7 Å². The molecule has 2 aromatic carbocycles. The van der Waals surface area contributed by atoms with E-state index in [0.717, 1.165) is 36.6 Å². The van der Waals surface area contributed by atoms with Gasteiger partial charge in [-0.3, -0.25) is 4.79 Å². The number of hydrogen-bond donors (Lipinski definition) is 1. The molecule has 1 N–H and O–H groups in total. The number of carbonyl (C=O) groups is 1. The molecule has 0 bridgehead atoms. The molecule has 0 unspecified atom stereocenters. The minimum absolute atomic E-state index is 0.0659. The van der Waals surface area contributed by atoms with Gasteiger partial charge in [-0.25, -0.2) is 8.78 Å². The van der Waals surface area contributed by atoms with Crippen molar-refractivity contribution in [3.8, 4) is 0 Å². The van der Waals surface area contributed by atoms with Gasteiger partial charge in [0.2, 0.25) is 5.91 Å². The number of nitrogens with zero attached hydrogens (tertiary/aromatic N) is 1. The fraction of sp³-hybridized carbons (Fsp3) is 0.278. The fourth-order valence-electron chi connectivity index (χ4n) is 2.66. The molecule has 0 atom stereocenters. The third-order valence-electron chi connectivity index (χ3n) is 3.87. The largest absolute Gasteiger partial charge is 0.372 e. The van der Waals surface area contributed by atoms with Crippen molar-refractivity contribution in [3.63, 3.8) is 0 Å². The molecule has 2 aromatic rings. The summed E-state index contributed by atoms with van der Waals surface area (Å²) in [6, 6.07) is 11.1. The molecule has 1 saturated heterocycles. The number of nitrogens with one attached hydrogen (secondary N) is 1. The van der Waals surface area contributed by atoms with Gasteiger partial charge in [0.15, 0.2) is 0 Å². The summed E-state index contributed by atoms with van der Waals surface area (Å²) in [5, 5.41) is 2.79. The number of carbonyl (C=O) groups excluding carboxylic acids is 1. The van der Waals surface area contributed by atoms with Crippen LogP contribution < -0.4 is 10.2 Å². The monoisotopic (exact) mass is 348 g/mol. The van der Waals surface area contributed by atoms with Crippen molar-refractivity contribution in [2.24, 2.45) is 0 Å². The Morgan fingerprint density at radius 1 is 1.08 bits per heavy atom. The Hall–Kier alpha value is -2.08. The Bertz CT molecular complexity index is 715. The molecule has 1 heterocycles. The normalized spacial score (nSPS) is 14.0. The molecule has 1 aliphatic heterocycles. The first-order valence-electron chi connectivity index (χ1n) is 7.84. The molecule has 1 fully saturated rings. The lowest BCUT2D eigenvalue weighted by molar-refractivity contribution is -0.113. The van der Waals surface area contributed by atoms with Crippen molar-refractivity contribution in [2.45, 2.75) is 17.7 Å². The summed E-state index contributed by atoms with van der Waals surface area (Å²) in [6.45, 7) is 2.15. The third kappa shape index (κ3) is 4.26. The summed E-state index contributed by atoms with van der Waals surface area (Å²) >= 11 is 1.04. The summed E-state index contributed by atoms with van der Waals surface area (Å²) in [4.78, 5) is 14.5. The second-order valence-electron chi connectivity index (χ2n) is 5.65. The second-order valence-corrected chi connectivity index (χ2v) is 6.67. The Labute approximate surface area is 144 Å². The average molecular weight is 348 g/mol. The molecule has 0 aromatic heterocycles. The molecule has 1 aliphatic rings. The van der Waals surface area contributed by atoms with Crippen LogP contribution in [0.15, 0.2) is 47.4 Å². The predicted octanol–water partition coefficient (Wildman–Crippen LogP) is 4.30. The Kier molecular flexibility index (Phi) is 5.35. The topological polar surface area (TPSA) is 32.3 Å². The maximum atomic E-state index is 13.5. The van der Waals surface area contributed by atoms with E-state index in [-0.39, 0.29) is 16.6 Å². The van der Waals surface area contributed by atoms with Crippen LogP contribution in [0.3, 0.4) is 0 Å². The second kappa shape index (κ2) is 7.66. The molecule has 6 heteroatoms. The molecule has 3 rings (SSSR count). The number of rotatable bonds is 5. The molecular weight excluding hydrogens is 330 g/mol. The van der Waals surface area contributed by atoms with E-state index >= 15 is 0 Å². The average Bonchev–Trinajstić information content (AvgIpc) is 3.09. The van der Waals surface area contributed by atoms with Crippen LogP contribution in [-0.2, 0) is 4.79 Å². The summed E-state index contributed by atoms with van der Waals surface area (Å²) < 4.78 is 26.4. The van der Waals surface area contributed by atoms with Gasteiger partial charge in [0.25, 0.3) is 0 Å². The molecule has 0 radical (unpaired) electrons. The van der Waals surface area contributed by atoms with Crippen LogP contribution in [0.25, 0.3) is 0 Å². The van der Waals surface area contributed by atoms with Crippen molar-refractivity contribution in [1.29, 1.82) is 0 Å². The number of amides is 1. The molecule has 0 spiro atoms. The summed E-state index contributed by atoms with van der Waals surface area (Å²) in [7, 11) is 0. The van der Waals surface area contributed by atoms with Crippen molar-refractivity contribution in [1.82, 2.24) is 0 Å². The van der Waals surface area contributed by atoms with Crippen LogP contribution in [0, 0.1) is 11.6 Å². The predicted molar refractivity (Wildman–Crippen MR) is 93.6 cm³/mol. The van der Waals surface area contributed by atoms with Crippen LogP contribution in [0.2, 0.25) is 0 Å². The smallest absolute Gasteiger partial charge is 0.234 e. The standard InChI is InChI=1S/C18H18F2N2OS/c19-13-3-8-17(16(20)11-13)24-12-18(23)21-14-4-6-15(7-5-14)22-9-1-2-10-22/h3-8,11H,1-2,9-10,12H2,(H,21,23). The van der Waals surface area contributed by atoms with E-state index in [1.807, 2.05) is 24.3 Å². The highest BCUT2D eigenvalue weighted by molar-refractivity contribution is 8.00. The molecule has 0 saturated carbocycles. The van der Waals surface area contributed by atoms with Crippen LogP contribution in [0.4, 0.5) is 20.2 Å². The minimum atomic E-state index is -0.650. The van der Waals surface area contributed by atoms with Crippen LogP contribution >= 0.6 is 11.8 Å². The highest BCUT2D eigenvalue weighted by Gasteiger charge is 2.12. The molecule has 126 valence electrons. The minimum Gasteiger partial charge on any atom is -0.372 e. The molecular formula is C18H18F2N2OS. The van der Waals surface area contributed by atoms with Gasteiger partial charge in [0.05, 0.1) is 5.75 Å². The molecule has 24 heavy (non-hydrogen) atoms. The van der Waals surface area contributed by atoms with Gasteiger partial charge < -0.3 is 10.2 Å². The molecule has 3 nitrogen and oxygen atoms in total. The van der Waals surface area contributed by atoms with Gasteiger partial charge in [-0.05, 0) is 49.2 Å². The SMILES string of the molecule is O=C(CSc1ccc(F)cc1F)Nc1ccc(N2CCCC2)cc1. The molecule has 0 aliphatic carbocycles. The van der Waals surface area contributed by atoms with Gasteiger partial charge >= 0.3 is 0 Å². The van der Waals surface area contributed by atoms with Gasteiger partial charge in [-0.15, -0.1) is 11.8 Å². The summed E-state index contributed by atoms with van der Waals surface area (Å²) in [5.41, 5.74) is 1.87. The third-order valence-corrected chi connectivity index (χ3v) is 4.92. The Balaban J connectivity index is 1.52. The first-order chi connectivity index (χ1) is 11.6. The molecule has 1 amide bonds. The van der Waals surface area contributed by atoms with E-state index in [0.29, 0.717) is 5.69 Å². The highest BCUT2D eigenvalue weighted by Crippen LogP contribution is 2.24. The van der Waals surface area contributed by atoms with E-state index < -0.39 is 11.6 Å². The number of benzene rings is 2. The Morgan fingerprint density at radius 3 is 2.46 bits per heavy atom. The first kappa shape index (κ1) is 16.8. The quantitative estimate of drug-likeness (QED) is 0.818. The zero-order valence-corrected chi connectivity index (χ0v) is 13.9. The number of thioether (sulfide) groups is 1. The fourth-order valence-corrected chi connectivity index (χ4v) is 3.38. The number of halogens is 2. The lowest BCUT2D eigenvalue weighted by Gasteiger charge is -2.17. The lowest BCUT2D eigenvalue weighted by atomic mass is 10.2. The van der Waals surface area contributed by atoms with Gasteiger partial charge in [0.1, 0.15) is 11.6 Å². The maximum Gasteiger partial charge on any atom is 0.234 e. The van der Waals surface area contributed by atoms with Crippen LogP contribution in [0.5, 0.6) is 0 Å². The maximum absolute atomic E-state index is 13.5. The van der Waals surface area contributed by atoms with E-state index in [1.165, 1.54) is 25.0 Å². The van der Waals surface area contributed by atoms with E-state index in [4.69, 9.17) is 0 Å². The first-order valence-corrected chi connectivity index (χ1v) is 8.83. The van der Waals surface area contributed by atoms with Crippen molar-refractivity contribution >= 4 is 29.0 Å². The Morgan fingerprint density at radius 2 is 1.79 bits per heavy atom. The van der Waals surface area contributed by atoms with Crippen LogP contribution in [0.1, 0.15) is 12.8 Å².